The molecular formula is C22H30N2O4. The molecule has 6 heteroatoms. The number of ether oxygens (including phenoxy) is 2. The van der Waals surface area contributed by atoms with Crippen LogP contribution >= 0.6 is 0 Å². The number of carbonyl (C=O) groups is 1. The molecule has 1 aliphatic carbocycles. The zero-order chi connectivity index (χ0) is 20.5. The maximum atomic E-state index is 12.8. The molecule has 0 spiro atoms. The Morgan fingerprint density at radius 3 is 2.68 bits per heavy atom. The van der Waals surface area contributed by atoms with Gasteiger partial charge in [-0.15, -0.1) is 0 Å². The lowest BCUT2D eigenvalue weighted by Gasteiger charge is -2.35. The summed E-state index contributed by atoms with van der Waals surface area (Å²) in [5.74, 6) is 3.28. The molecule has 0 bridgehead atoms. The zero-order valence-corrected chi connectivity index (χ0v) is 17.5. The van der Waals surface area contributed by atoms with Crippen LogP contribution in [0.5, 0.6) is 11.5 Å². The van der Waals surface area contributed by atoms with Gasteiger partial charge in [-0.05, 0) is 49.9 Å². The Bertz CT molecular complexity index is 856. The fourth-order valence-electron chi connectivity index (χ4n) is 3.97. The van der Waals surface area contributed by atoms with Gasteiger partial charge >= 0.3 is 6.03 Å². The van der Waals surface area contributed by atoms with Crippen molar-refractivity contribution in [2.45, 2.75) is 52.6 Å². The minimum Gasteiger partial charge on any atom is -0.497 e. The molecule has 6 nitrogen and oxygen atoms in total. The summed E-state index contributed by atoms with van der Waals surface area (Å²) in [4.78, 5) is 12.8. The maximum absolute atomic E-state index is 12.8. The second kappa shape index (κ2) is 7.78. The number of nitrogens with one attached hydrogen (secondary N) is 2. The Balaban J connectivity index is 1.74. The van der Waals surface area contributed by atoms with Crippen molar-refractivity contribution in [3.05, 3.63) is 46.9 Å². The number of carbonyl (C=O) groups excluding carboxylic acids is 1. The zero-order valence-electron chi connectivity index (χ0n) is 17.5. The van der Waals surface area contributed by atoms with Crippen LogP contribution in [0.3, 0.4) is 0 Å². The van der Waals surface area contributed by atoms with Crippen molar-refractivity contribution in [3.63, 3.8) is 0 Å². The van der Waals surface area contributed by atoms with Crippen LogP contribution in [0.1, 0.15) is 61.9 Å². The third-order valence-corrected chi connectivity index (χ3v) is 5.29. The highest BCUT2D eigenvalue weighted by molar-refractivity contribution is 5.75. The number of fused-ring (bicyclic) bond motifs is 1. The van der Waals surface area contributed by atoms with Crippen LogP contribution in [0.25, 0.3) is 0 Å². The molecule has 2 amide bonds. The number of aryl methyl sites for hydroxylation is 1. The molecule has 2 N–H and O–H groups in total. The first-order valence-corrected chi connectivity index (χ1v) is 9.60. The van der Waals surface area contributed by atoms with Gasteiger partial charge in [0.2, 0.25) is 0 Å². The van der Waals surface area contributed by atoms with Crippen LogP contribution in [-0.2, 0) is 6.42 Å². The maximum Gasteiger partial charge on any atom is 0.315 e. The molecule has 0 fully saturated rings. The number of rotatable bonds is 5. The highest BCUT2D eigenvalue weighted by atomic mass is 16.5. The van der Waals surface area contributed by atoms with E-state index in [1.54, 1.807) is 14.2 Å². The van der Waals surface area contributed by atoms with Gasteiger partial charge in [0.15, 0.2) is 0 Å². The minimum atomic E-state index is -0.243. The van der Waals surface area contributed by atoms with E-state index in [0.717, 1.165) is 41.2 Å². The molecule has 2 aromatic rings. The van der Waals surface area contributed by atoms with Crippen LogP contribution in [-0.4, -0.2) is 20.3 Å². The van der Waals surface area contributed by atoms with E-state index in [1.807, 2.05) is 38.1 Å². The van der Waals surface area contributed by atoms with Gasteiger partial charge in [0.25, 0.3) is 0 Å². The van der Waals surface area contributed by atoms with Gasteiger partial charge in [-0.1, -0.05) is 13.8 Å². The first-order valence-electron chi connectivity index (χ1n) is 9.60. The van der Waals surface area contributed by atoms with E-state index in [2.05, 4.69) is 24.5 Å². The summed E-state index contributed by atoms with van der Waals surface area (Å²) in [6.45, 7) is 8.27. The van der Waals surface area contributed by atoms with Crippen molar-refractivity contribution in [2.24, 2.45) is 5.41 Å². The summed E-state index contributed by atoms with van der Waals surface area (Å²) < 4.78 is 16.6. The smallest absolute Gasteiger partial charge is 0.315 e. The van der Waals surface area contributed by atoms with Crippen molar-refractivity contribution < 1.29 is 18.7 Å². The molecule has 0 saturated carbocycles. The first kappa shape index (κ1) is 20.1. The fraction of sp³-hybridized carbons (Fsp3) is 0.500. The van der Waals surface area contributed by atoms with Crippen LogP contribution in [0, 0.1) is 12.3 Å². The lowest BCUT2D eigenvalue weighted by atomic mass is 9.75. The Morgan fingerprint density at radius 2 is 2.00 bits per heavy atom. The van der Waals surface area contributed by atoms with Crippen LogP contribution < -0.4 is 20.1 Å². The van der Waals surface area contributed by atoms with Gasteiger partial charge in [0.05, 0.1) is 26.3 Å². The van der Waals surface area contributed by atoms with Crippen molar-refractivity contribution in [1.29, 1.82) is 0 Å². The summed E-state index contributed by atoms with van der Waals surface area (Å²) in [7, 11) is 3.23. The van der Waals surface area contributed by atoms with Crippen molar-refractivity contribution in [3.8, 4) is 11.5 Å². The number of hydrogen-bond donors (Lipinski definition) is 2. The normalized spacial score (nSPS) is 18.7. The molecule has 2 atom stereocenters. The molecule has 1 aromatic carbocycles. The molecule has 152 valence electrons. The Kier molecular flexibility index (Phi) is 5.59. The molecular weight excluding hydrogens is 356 g/mol. The van der Waals surface area contributed by atoms with E-state index in [1.165, 1.54) is 0 Å². The number of methoxy groups -OCH3 is 2. The van der Waals surface area contributed by atoms with E-state index in [9.17, 15) is 4.79 Å². The van der Waals surface area contributed by atoms with Gasteiger partial charge in [-0.25, -0.2) is 4.79 Å². The third-order valence-electron chi connectivity index (χ3n) is 5.29. The van der Waals surface area contributed by atoms with Crippen LogP contribution in [0.15, 0.2) is 28.7 Å². The molecule has 28 heavy (non-hydrogen) atoms. The second-order valence-corrected chi connectivity index (χ2v) is 8.28. The minimum absolute atomic E-state index is 0.0663. The lowest BCUT2D eigenvalue weighted by molar-refractivity contribution is 0.212. The molecule has 1 heterocycles. The van der Waals surface area contributed by atoms with Gasteiger partial charge in [-0.2, -0.15) is 0 Å². The Hall–Kier alpha value is -2.63. The van der Waals surface area contributed by atoms with Crippen LogP contribution in [0.4, 0.5) is 4.79 Å². The number of hydrogen-bond acceptors (Lipinski definition) is 4. The summed E-state index contributed by atoms with van der Waals surface area (Å²) in [5.41, 5.74) is 2.01. The second-order valence-electron chi connectivity index (χ2n) is 8.28. The van der Waals surface area contributed by atoms with E-state index < -0.39 is 0 Å². The first-order chi connectivity index (χ1) is 13.2. The van der Waals surface area contributed by atoms with E-state index in [4.69, 9.17) is 13.9 Å². The Morgan fingerprint density at radius 1 is 1.25 bits per heavy atom. The van der Waals surface area contributed by atoms with Crippen molar-refractivity contribution >= 4 is 6.03 Å². The average molecular weight is 386 g/mol. The summed E-state index contributed by atoms with van der Waals surface area (Å²) in [5, 5.41) is 6.15. The SMILES string of the molecule is COc1ccc(OC)c(C(C)NC(=O)NC2CC(C)(C)Cc3oc(C)cc32)c1. The molecule has 1 aromatic heterocycles. The summed E-state index contributed by atoms with van der Waals surface area (Å²) in [6, 6.07) is 7.05. The lowest BCUT2D eigenvalue weighted by Crippen LogP contribution is -2.42. The summed E-state index contributed by atoms with van der Waals surface area (Å²) >= 11 is 0. The van der Waals surface area contributed by atoms with Crippen LogP contribution in [0.2, 0.25) is 0 Å². The van der Waals surface area contributed by atoms with E-state index >= 15 is 0 Å². The molecule has 3 rings (SSSR count). The predicted molar refractivity (Wildman–Crippen MR) is 108 cm³/mol. The summed E-state index contributed by atoms with van der Waals surface area (Å²) in [6.07, 6.45) is 1.75. The highest BCUT2D eigenvalue weighted by Gasteiger charge is 2.35. The van der Waals surface area contributed by atoms with Gasteiger partial charge in [-0.3, -0.25) is 0 Å². The quantitative estimate of drug-likeness (QED) is 0.783. The van der Waals surface area contributed by atoms with E-state index in [-0.39, 0.29) is 23.5 Å². The molecule has 1 aliphatic rings. The average Bonchev–Trinajstić information content (AvgIpc) is 2.99. The monoisotopic (exact) mass is 386 g/mol. The van der Waals surface area contributed by atoms with E-state index in [0.29, 0.717) is 5.75 Å². The van der Waals surface area contributed by atoms with Gasteiger partial charge in [0, 0.05) is 17.5 Å². The Labute approximate surface area is 166 Å². The number of benzene rings is 1. The standard InChI is InChI=1S/C22H30N2O4/c1-13-9-17-18(11-22(3,4)12-20(17)28-13)24-21(25)23-14(2)16-10-15(26-5)7-8-19(16)27-6/h7-10,14,18H,11-12H2,1-6H3,(H2,23,24,25). The fourth-order valence-corrected chi connectivity index (χ4v) is 3.97. The molecule has 0 aliphatic heterocycles. The molecule has 0 radical (unpaired) electrons. The van der Waals surface area contributed by atoms with Crippen molar-refractivity contribution in [2.75, 3.05) is 14.2 Å². The number of furan rings is 1. The van der Waals surface area contributed by atoms with Gasteiger partial charge < -0.3 is 24.5 Å². The van der Waals surface area contributed by atoms with Crippen molar-refractivity contribution in [1.82, 2.24) is 10.6 Å². The topological polar surface area (TPSA) is 72.7 Å². The largest absolute Gasteiger partial charge is 0.497 e. The third kappa shape index (κ3) is 4.26. The number of amides is 2. The predicted octanol–water partition coefficient (Wildman–Crippen LogP) is 4.68. The van der Waals surface area contributed by atoms with Gasteiger partial charge in [0.1, 0.15) is 23.0 Å². The number of urea groups is 1. The molecule has 2 unspecified atom stereocenters. The molecule has 0 saturated heterocycles. The highest BCUT2D eigenvalue weighted by Crippen LogP contribution is 2.42.